The average molecular weight is 254 g/mol. The number of aliphatic imine (C=N–C) groups is 1. The molecule has 0 aliphatic rings. The van der Waals surface area contributed by atoms with Gasteiger partial charge in [0.15, 0.2) is 5.75 Å². The van der Waals surface area contributed by atoms with Gasteiger partial charge in [-0.2, -0.15) is 0 Å². The van der Waals surface area contributed by atoms with E-state index in [0.29, 0.717) is 12.2 Å². The maximum atomic E-state index is 9.49. The number of rotatable bonds is 3. The van der Waals surface area contributed by atoms with Crippen LogP contribution in [0, 0.1) is 0 Å². The van der Waals surface area contributed by atoms with Crippen molar-refractivity contribution >= 4 is 18.1 Å². The molecule has 1 heterocycles. The van der Waals surface area contributed by atoms with E-state index in [4.69, 9.17) is 5.11 Å². The number of aromatic nitrogens is 1. The Morgan fingerprint density at radius 3 is 2.67 bits per heavy atom. The number of hydrogen-bond donors (Lipinski definition) is 3. The Morgan fingerprint density at radius 1 is 1.61 bits per heavy atom. The van der Waals surface area contributed by atoms with Crippen LogP contribution in [0.25, 0.3) is 0 Å². The number of aromatic hydroxyl groups is 1. The Labute approximate surface area is 106 Å². The molecule has 7 nitrogen and oxygen atoms in total. The van der Waals surface area contributed by atoms with Gasteiger partial charge in [-0.1, -0.05) is 0 Å². The van der Waals surface area contributed by atoms with Gasteiger partial charge in [-0.25, -0.2) is 9.79 Å². The van der Waals surface area contributed by atoms with E-state index in [2.05, 4.69) is 15.3 Å². The Kier molecular flexibility index (Phi) is 7.67. The predicted octanol–water partition coefficient (Wildman–Crippen LogP) is 1.28. The number of pyridine rings is 1. The SMILES string of the molecule is CCNC(=O)O.CN(C)C=Nc1ccncc1O. The van der Waals surface area contributed by atoms with E-state index in [9.17, 15) is 9.90 Å². The van der Waals surface area contributed by atoms with Crippen LogP contribution in [0.1, 0.15) is 6.92 Å². The van der Waals surface area contributed by atoms with Gasteiger partial charge in [-0.15, -0.1) is 0 Å². The highest BCUT2D eigenvalue weighted by molar-refractivity contribution is 5.64. The van der Waals surface area contributed by atoms with Crippen molar-refractivity contribution < 1.29 is 15.0 Å². The minimum absolute atomic E-state index is 0.0931. The zero-order chi connectivity index (χ0) is 14.0. The number of carbonyl (C=O) groups is 1. The molecule has 0 saturated carbocycles. The van der Waals surface area contributed by atoms with Crippen molar-refractivity contribution in [3.05, 3.63) is 18.5 Å². The lowest BCUT2D eigenvalue weighted by molar-refractivity contribution is 0.195. The van der Waals surface area contributed by atoms with E-state index in [-0.39, 0.29) is 5.75 Å². The quantitative estimate of drug-likeness (QED) is 0.557. The van der Waals surface area contributed by atoms with E-state index in [0.717, 1.165) is 0 Å². The van der Waals surface area contributed by atoms with Crippen molar-refractivity contribution in [2.45, 2.75) is 6.92 Å². The molecule has 0 spiro atoms. The van der Waals surface area contributed by atoms with Crippen LogP contribution in [0.2, 0.25) is 0 Å². The second kappa shape index (κ2) is 8.80. The molecule has 0 aliphatic heterocycles. The predicted molar refractivity (Wildman–Crippen MR) is 69.4 cm³/mol. The molecule has 100 valence electrons. The fourth-order valence-electron chi connectivity index (χ4n) is 0.817. The highest BCUT2D eigenvalue weighted by Gasteiger charge is 1.95. The Bertz CT molecular complexity index is 394. The summed E-state index contributed by atoms with van der Waals surface area (Å²) in [5.41, 5.74) is 0.527. The monoisotopic (exact) mass is 254 g/mol. The minimum Gasteiger partial charge on any atom is -0.504 e. The van der Waals surface area contributed by atoms with Gasteiger partial charge in [0.25, 0.3) is 0 Å². The van der Waals surface area contributed by atoms with E-state index >= 15 is 0 Å². The summed E-state index contributed by atoms with van der Waals surface area (Å²) in [6, 6.07) is 1.65. The lowest BCUT2D eigenvalue weighted by atomic mass is 10.4. The molecule has 0 unspecified atom stereocenters. The zero-order valence-corrected chi connectivity index (χ0v) is 10.7. The molecule has 0 aromatic carbocycles. The molecular formula is C11H18N4O3. The van der Waals surface area contributed by atoms with Gasteiger partial charge >= 0.3 is 6.09 Å². The van der Waals surface area contributed by atoms with Crippen molar-refractivity contribution in [2.24, 2.45) is 4.99 Å². The molecule has 1 aromatic heterocycles. The van der Waals surface area contributed by atoms with Gasteiger partial charge < -0.3 is 20.4 Å². The molecule has 3 N–H and O–H groups in total. The van der Waals surface area contributed by atoms with Crippen LogP contribution in [-0.4, -0.2) is 53.2 Å². The normalized spacial score (nSPS) is 9.50. The van der Waals surface area contributed by atoms with E-state index < -0.39 is 6.09 Å². The van der Waals surface area contributed by atoms with Gasteiger partial charge in [0, 0.05) is 26.8 Å². The first-order valence-electron chi connectivity index (χ1n) is 5.27. The molecule has 0 saturated heterocycles. The molecule has 18 heavy (non-hydrogen) atoms. The van der Waals surface area contributed by atoms with Crippen LogP contribution >= 0.6 is 0 Å². The number of amides is 1. The van der Waals surface area contributed by atoms with Crippen LogP contribution in [0.15, 0.2) is 23.5 Å². The summed E-state index contributed by atoms with van der Waals surface area (Å²) in [6.45, 7) is 2.21. The summed E-state index contributed by atoms with van der Waals surface area (Å²) in [4.78, 5) is 19.0. The fourth-order valence-corrected chi connectivity index (χ4v) is 0.817. The van der Waals surface area contributed by atoms with Crippen molar-refractivity contribution in [1.29, 1.82) is 0 Å². The molecule has 0 fully saturated rings. The first-order chi connectivity index (χ1) is 8.47. The zero-order valence-electron chi connectivity index (χ0n) is 10.7. The Morgan fingerprint density at radius 2 is 2.28 bits per heavy atom. The number of carboxylic acid groups (broad SMARTS) is 1. The standard InChI is InChI=1S/C8H11N3O.C3H7NO2/c1-11(2)6-10-7-3-4-9-5-8(7)12;1-2-4-3(5)6/h3-6,12H,1-2H3;4H,2H2,1H3,(H,5,6). The minimum atomic E-state index is -0.961. The second-order valence-corrected chi connectivity index (χ2v) is 3.41. The Balaban J connectivity index is 0.000000411. The highest BCUT2D eigenvalue weighted by atomic mass is 16.4. The molecule has 0 aliphatic carbocycles. The number of hydrogen-bond acceptors (Lipinski definition) is 4. The average Bonchev–Trinajstić information content (AvgIpc) is 2.28. The van der Waals surface area contributed by atoms with Crippen molar-refractivity contribution in [1.82, 2.24) is 15.2 Å². The van der Waals surface area contributed by atoms with Crippen molar-refractivity contribution in [3.63, 3.8) is 0 Å². The van der Waals surface area contributed by atoms with E-state index in [1.165, 1.54) is 6.20 Å². The Hall–Kier alpha value is -2.31. The number of nitrogens with zero attached hydrogens (tertiary/aromatic N) is 3. The molecule has 1 amide bonds. The highest BCUT2D eigenvalue weighted by Crippen LogP contribution is 2.22. The van der Waals surface area contributed by atoms with Crippen LogP contribution in [-0.2, 0) is 0 Å². The third-order valence-electron chi connectivity index (χ3n) is 1.53. The molecule has 0 bridgehead atoms. The van der Waals surface area contributed by atoms with Gasteiger partial charge in [-0.05, 0) is 13.0 Å². The molecule has 1 rings (SSSR count). The lowest BCUT2D eigenvalue weighted by Gasteiger charge is -2.02. The van der Waals surface area contributed by atoms with E-state index in [1.54, 1.807) is 30.4 Å². The van der Waals surface area contributed by atoms with Gasteiger partial charge in [0.2, 0.25) is 0 Å². The molecule has 1 aromatic rings. The molecular weight excluding hydrogens is 236 g/mol. The topological polar surface area (TPSA) is 98.1 Å². The first kappa shape index (κ1) is 15.7. The summed E-state index contributed by atoms with van der Waals surface area (Å²) in [5, 5.41) is 19.2. The first-order valence-corrected chi connectivity index (χ1v) is 5.27. The van der Waals surface area contributed by atoms with Gasteiger partial charge in [-0.3, -0.25) is 4.98 Å². The summed E-state index contributed by atoms with van der Waals surface area (Å²) < 4.78 is 0. The smallest absolute Gasteiger partial charge is 0.404 e. The molecule has 0 atom stereocenters. The van der Waals surface area contributed by atoms with Crippen LogP contribution in [0.3, 0.4) is 0 Å². The third-order valence-corrected chi connectivity index (χ3v) is 1.53. The van der Waals surface area contributed by atoms with Crippen LogP contribution in [0.5, 0.6) is 5.75 Å². The third kappa shape index (κ3) is 7.91. The maximum Gasteiger partial charge on any atom is 0.404 e. The lowest BCUT2D eigenvalue weighted by Crippen LogP contribution is -2.19. The largest absolute Gasteiger partial charge is 0.504 e. The van der Waals surface area contributed by atoms with Crippen LogP contribution < -0.4 is 5.32 Å². The fraction of sp³-hybridized carbons (Fsp3) is 0.364. The number of nitrogens with one attached hydrogen (secondary N) is 1. The van der Waals surface area contributed by atoms with Crippen molar-refractivity contribution in [3.8, 4) is 5.75 Å². The molecule has 7 heteroatoms. The van der Waals surface area contributed by atoms with Gasteiger partial charge in [0.05, 0.1) is 12.5 Å². The molecule has 0 radical (unpaired) electrons. The van der Waals surface area contributed by atoms with Gasteiger partial charge in [0.1, 0.15) is 5.69 Å². The summed E-state index contributed by atoms with van der Waals surface area (Å²) in [7, 11) is 3.73. The van der Waals surface area contributed by atoms with E-state index in [1.807, 2.05) is 14.1 Å². The summed E-state index contributed by atoms with van der Waals surface area (Å²) in [6.07, 6.45) is 3.61. The van der Waals surface area contributed by atoms with Crippen molar-refractivity contribution in [2.75, 3.05) is 20.6 Å². The summed E-state index contributed by atoms with van der Waals surface area (Å²) >= 11 is 0. The summed E-state index contributed by atoms with van der Waals surface area (Å²) in [5.74, 6) is 0.0931. The van der Waals surface area contributed by atoms with Crippen LogP contribution in [0.4, 0.5) is 10.5 Å². The maximum absolute atomic E-state index is 9.49. The second-order valence-electron chi connectivity index (χ2n) is 3.41.